The van der Waals surface area contributed by atoms with Gasteiger partial charge >= 0.3 is 0 Å². The highest BCUT2D eigenvalue weighted by Gasteiger charge is 2.17. The average Bonchev–Trinajstić information content (AvgIpc) is 3.17. The highest BCUT2D eigenvalue weighted by molar-refractivity contribution is 7.17. The maximum atomic E-state index is 9.38. The Labute approximate surface area is 155 Å². The summed E-state index contributed by atoms with van der Waals surface area (Å²) in [6, 6.07) is 29.0. The first kappa shape index (κ1) is 17.0. The van der Waals surface area contributed by atoms with E-state index in [0.29, 0.717) is 4.88 Å². The number of nitrogens with zero attached hydrogens (tertiary/aromatic N) is 4. The number of anilines is 3. The number of para-hydroxylation sites is 2. The maximum absolute atomic E-state index is 9.38. The first-order valence-corrected chi connectivity index (χ1v) is 8.55. The summed E-state index contributed by atoms with van der Waals surface area (Å²) in [5, 5.41) is 28.4. The second-order valence-corrected chi connectivity index (χ2v) is 6.29. The minimum atomic E-state index is -0.174. The molecule has 0 aliphatic heterocycles. The number of hydrogen-bond donors (Lipinski definition) is 0. The van der Waals surface area contributed by atoms with E-state index >= 15 is 0 Å². The lowest BCUT2D eigenvalue weighted by Gasteiger charge is -2.23. The molecule has 0 bridgehead atoms. The topological polar surface area (TPSA) is 74.6 Å². The van der Waals surface area contributed by atoms with Crippen LogP contribution in [0.5, 0.6) is 0 Å². The summed E-state index contributed by atoms with van der Waals surface area (Å²) < 4.78 is 0. The molecule has 5 heteroatoms. The van der Waals surface area contributed by atoms with E-state index in [9.17, 15) is 5.26 Å². The lowest BCUT2D eigenvalue weighted by Crippen LogP contribution is -2.07. The molecule has 0 radical (unpaired) electrons. The van der Waals surface area contributed by atoms with E-state index in [2.05, 4.69) is 4.90 Å². The molecule has 0 aliphatic carbocycles. The fourth-order valence-electron chi connectivity index (χ4n) is 2.51. The van der Waals surface area contributed by atoms with Crippen molar-refractivity contribution in [3.63, 3.8) is 0 Å². The van der Waals surface area contributed by atoms with Crippen LogP contribution in [0.4, 0.5) is 16.4 Å². The molecule has 1 aromatic heterocycles. The van der Waals surface area contributed by atoms with Crippen LogP contribution in [0.15, 0.2) is 78.4 Å². The third-order valence-corrected chi connectivity index (χ3v) is 4.76. The van der Waals surface area contributed by atoms with Gasteiger partial charge in [-0.3, -0.25) is 0 Å². The molecule has 0 amide bonds. The second kappa shape index (κ2) is 7.81. The van der Waals surface area contributed by atoms with Crippen molar-refractivity contribution in [2.45, 2.75) is 0 Å². The number of allylic oxidation sites excluding steroid dienone is 2. The highest BCUT2D eigenvalue weighted by Crippen LogP contribution is 2.40. The average molecular weight is 352 g/mol. The van der Waals surface area contributed by atoms with E-state index < -0.39 is 0 Å². The zero-order valence-corrected chi connectivity index (χ0v) is 14.4. The van der Waals surface area contributed by atoms with Gasteiger partial charge in [0.15, 0.2) is 0 Å². The van der Waals surface area contributed by atoms with E-state index in [1.807, 2.05) is 72.8 Å². The number of thiophene rings is 1. The number of benzene rings is 2. The smallest absolute Gasteiger partial charge is 0.148 e. The van der Waals surface area contributed by atoms with Gasteiger partial charge in [0.2, 0.25) is 0 Å². The molecule has 122 valence electrons. The quantitative estimate of drug-likeness (QED) is 0.578. The van der Waals surface area contributed by atoms with Crippen molar-refractivity contribution in [1.29, 1.82) is 15.8 Å². The van der Waals surface area contributed by atoms with Crippen LogP contribution >= 0.6 is 11.3 Å². The third kappa shape index (κ3) is 3.32. The highest BCUT2D eigenvalue weighted by atomic mass is 32.1. The zero-order chi connectivity index (χ0) is 18.4. The molecule has 1 heterocycles. The summed E-state index contributed by atoms with van der Waals surface area (Å²) >= 11 is 1.37. The molecule has 3 rings (SSSR count). The van der Waals surface area contributed by atoms with Crippen LogP contribution in [0, 0.1) is 34.0 Å². The Bertz CT molecular complexity index is 1010. The molecule has 0 atom stereocenters. The predicted molar refractivity (Wildman–Crippen MR) is 103 cm³/mol. The first-order valence-electron chi connectivity index (χ1n) is 7.73. The van der Waals surface area contributed by atoms with Gasteiger partial charge in [-0.1, -0.05) is 36.4 Å². The Morgan fingerprint density at radius 1 is 0.692 bits per heavy atom. The molecule has 26 heavy (non-hydrogen) atoms. The Balaban J connectivity index is 2.13. The van der Waals surface area contributed by atoms with Gasteiger partial charge in [0.1, 0.15) is 28.8 Å². The maximum Gasteiger partial charge on any atom is 0.148 e. The van der Waals surface area contributed by atoms with Crippen LogP contribution in [0.25, 0.3) is 5.57 Å². The van der Waals surface area contributed by atoms with Gasteiger partial charge in [0.05, 0.1) is 5.57 Å². The molecule has 3 aromatic rings. The van der Waals surface area contributed by atoms with E-state index in [4.69, 9.17) is 10.5 Å². The summed E-state index contributed by atoms with van der Waals surface area (Å²) in [5.74, 6) is 0. The molecule has 0 aliphatic rings. The lowest BCUT2D eigenvalue weighted by molar-refractivity contribution is 1.32. The van der Waals surface area contributed by atoms with Gasteiger partial charge in [0.25, 0.3) is 0 Å². The summed E-state index contributed by atoms with van der Waals surface area (Å²) in [6.07, 6.45) is 0. The number of hydrogen-bond acceptors (Lipinski definition) is 5. The van der Waals surface area contributed by atoms with Crippen molar-refractivity contribution in [3.05, 3.63) is 83.2 Å². The number of nitriles is 3. The summed E-state index contributed by atoms with van der Waals surface area (Å²) in [7, 11) is 0. The molecule has 0 saturated carbocycles. The van der Waals surface area contributed by atoms with Gasteiger partial charge < -0.3 is 4.90 Å². The Morgan fingerprint density at radius 3 is 1.69 bits per heavy atom. The second-order valence-electron chi connectivity index (χ2n) is 5.23. The van der Waals surface area contributed by atoms with Gasteiger partial charge in [-0.25, -0.2) is 0 Å². The van der Waals surface area contributed by atoms with Gasteiger partial charge in [0, 0.05) is 16.3 Å². The minimum absolute atomic E-state index is 0.104. The molecule has 0 fully saturated rings. The molecule has 0 saturated heterocycles. The van der Waals surface area contributed by atoms with Crippen LogP contribution in [0.3, 0.4) is 0 Å². The molecular weight excluding hydrogens is 340 g/mol. The van der Waals surface area contributed by atoms with E-state index in [1.165, 1.54) is 11.3 Å². The normalized spacial score (nSPS) is 9.42. The zero-order valence-electron chi connectivity index (χ0n) is 13.6. The van der Waals surface area contributed by atoms with Crippen LogP contribution in [-0.2, 0) is 0 Å². The third-order valence-electron chi connectivity index (χ3n) is 3.67. The lowest BCUT2D eigenvalue weighted by atomic mass is 10.1. The molecule has 0 spiro atoms. The standard InChI is InChI=1S/C21H12N4S/c22-13-16(14-23)19(15-24)20-11-12-21(26-20)25(17-7-3-1-4-8-17)18-9-5-2-6-10-18/h1-12H. The molecule has 0 N–H and O–H groups in total. The van der Waals surface area contributed by atoms with Crippen LogP contribution in [0.2, 0.25) is 0 Å². The van der Waals surface area contributed by atoms with Crippen LogP contribution in [-0.4, -0.2) is 0 Å². The SMILES string of the molecule is N#CC(C#N)=C(C#N)c1ccc(N(c2ccccc2)c2ccccc2)s1. The fraction of sp³-hybridized carbons (Fsp3) is 0. The fourth-order valence-corrected chi connectivity index (χ4v) is 3.56. The molecule has 4 nitrogen and oxygen atoms in total. The van der Waals surface area contributed by atoms with E-state index in [1.54, 1.807) is 18.2 Å². The van der Waals surface area contributed by atoms with Crippen molar-refractivity contribution in [2.75, 3.05) is 4.90 Å². The van der Waals surface area contributed by atoms with Gasteiger partial charge in [-0.05, 0) is 36.4 Å². The molecule has 2 aromatic carbocycles. The van der Waals surface area contributed by atoms with Crippen LogP contribution < -0.4 is 4.90 Å². The van der Waals surface area contributed by atoms with E-state index in [0.717, 1.165) is 16.4 Å². The van der Waals surface area contributed by atoms with Gasteiger partial charge in [-0.2, -0.15) is 15.8 Å². The van der Waals surface area contributed by atoms with Crippen LogP contribution in [0.1, 0.15) is 4.88 Å². The van der Waals surface area contributed by atoms with E-state index in [-0.39, 0.29) is 11.1 Å². The van der Waals surface area contributed by atoms with Crippen molar-refractivity contribution in [2.24, 2.45) is 0 Å². The van der Waals surface area contributed by atoms with Gasteiger partial charge in [-0.15, -0.1) is 11.3 Å². The largest absolute Gasteiger partial charge is 0.302 e. The predicted octanol–water partition coefficient (Wildman–Crippen LogP) is 5.54. The van der Waals surface area contributed by atoms with Crippen molar-refractivity contribution >= 4 is 33.3 Å². The summed E-state index contributed by atoms with van der Waals surface area (Å²) in [4.78, 5) is 2.67. The molecular formula is C21H12N4S. The Kier molecular flexibility index (Phi) is 5.11. The Hall–Kier alpha value is -3.85. The monoisotopic (exact) mass is 352 g/mol. The summed E-state index contributed by atoms with van der Waals surface area (Å²) in [6.45, 7) is 0. The van der Waals surface area contributed by atoms with Crippen molar-refractivity contribution in [3.8, 4) is 18.2 Å². The summed E-state index contributed by atoms with van der Waals surface area (Å²) in [5.41, 5.74) is 1.89. The number of rotatable bonds is 4. The first-order chi connectivity index (χ1) is 12.8. The molecule has 0 unspecified atom stereocenters. The minimum Gasteiger partial charge on any atom is -0.302 e. The van der Waals surface area contributed by atoms with Crippen molar-refractivity contribution in [1.82, 2.24) is 0 Å². The Morgan fingerprint density at radius 2 is 1.23 bits per heavy atom. The van der Waals surface area contributed by atoms with Crippen molar-refractivity contribution < 1.29 is 0 Å².